The monoisotopic (exact) mass is 275 g/mol. The Morgan fingerprint density at radius 1 is 1.05 bits per heavy atom. The fourth-order valence-electron chi connectivity index (χ4n) is 2.01. The van der Waals surface area contributed by atoms with Crippen LogP contribution in [0.1, 0.15) is 11.1 Å². The largest absolute Gasteiger partial charge is 0.497 e. The van der Waals surface area contributed by atoms with Crippen molar-refractivity contribution in [2.75, 3.05) is 19.5 Å². The van der Waals surface area contributed by atoms with E-state index in [0.717, 1.165) is 16.9 Å². The van der Waals surface area contributed by atoms with Crippen LogP contribution in [-0.2, 0) is 6.54 Å². The van der Waals surface area contributed by atoms with Gasteiger partial charge in [0, 0.05) is 12.6 Å². The van der Waals surface area contributed by atoms with Crippen LogP contribution in [0.2, 0.25) is 0 Å². The average molecular weight is 275 g/mol. The fourth-order valence-corrected chi connectivity index (χ4v) is 2.01. The molecule has 0 unspecified atom stereocenters. The van der Waals surface area contributed by atoms with E-state index in [0.29, 0.717) is 18.0 Å². The molecule has 1 N–H and O–H groups in total. The molecule has 2 aromatic rings. The van der Waals surface area contributed by atoms with Gasteiger partial charge in [-0.15, -0.1) is 0 Å². The minimum absolute atomic E-state index is 0.295. The lowest BCUT2D eigenvalue weighted by Crippen LogP contribution is -2.02. The van der Waals surface area contributed by atoms with Crippen molar-refractivity contribution in [2.24, 2.45) is 0 Å². The summed E-state index contributed by atoms with van der Waals surface area (Å²) < 4.78 is 24.0. The van der Waals surface area contributed by atoms with Crippen LogP contribution in [0, 0.1) is 12.7 Å². The summed E-state index contributed by atoms with van der Waals surface area (Å²) in [5.41, 5.74) is 2.54. The van der Waals surface area contributed by atoms with E-state index in [1.807, 2.05) is 25.1 Å². The van der Waals surface area contributed by atoms with Gasteiger partial charge in [0.25, 0.3) is 0 Å². The van der Waals surface area contributed by atoms with Gasteiger partial charge in [0.05, 0.1) is 19.9 Å². The van der Waals surface area contributed by atoms with E-state index in [9.17, 15) is 4.39 Å². The number of aryl methyl sites for hydroxylation is 1. The maximum atomic E-state index is 13.7. The van der Waals surface area contributed by atoms with Crippen molar-refractivity contribution in [1.29, 1.82) is 0 Å². The maximum absolute atomic E-state index is 13.7. The molecule has 3 nitrogen and oxygen atoms in total. The molecule has 20 heavy (non-hydrogen) atoms. The van der Waals surface area contributed by atoms with Crippen molar-refractivity contribution in [3.05, 3.63) is 53.3 Å². The van der Waals surface area contributed by atoms with Crippen LogP contribution in [-0.4, -0.2) is 14.2 Å². The Morgan fingerprint density at radius 3 is 2.50 bits per heavy atom. The summed E-state index contributed by atoms with van der Waals surface area (Å²) in [6.07, 6.45) is 0. The van der Waals surface area contributed by atoms with Gasteiger partial charge in [0.15, 0.2) is 0 Å². The number of hydrogen-bond acceptors (Lipinski definition) is 3. The Labute approximate surface area is 118 Å². The van der Waals surface area contributed by atoms with Crippen molar-refractivity contribution in [1.82, 2.24) is 0 Å². The number of halogens is 1. The van der Waals surface area contributed by atoms with E-state index >= 15 is 0 Å². The highest BCUT2D eigenvalue weighted by atomic mass is 19.1. The zero-order chi connectivity index (χ0) is 14.5. The second-order valence-electron chi connectivity index (χ2n) is 4.50. The quantitative estimate of drug-likeness (QED) is 0.901. The third-order valence-corrected chi connectivity index (χ3v) is 3.12. The van der Waals surface area contributed by atoms with Gasteiger partial charge in [-0.1, -0.05) is 12.1 Å². The van der Waals surface area contributed by atoms with Crippen molar-refractivity contribution >= 4 is 5.69 Å². The molecule has 0 spiro atoms. The van der Waals surface area contributed by atoms with Gasteiger partial charge >= 0.3 is 0 Å². The summed E-state index contributed by atoms with van der Waals surface area (Å²) >= 11 is 0. The Balaban J connectivity index is 2.10. The van der Waals surface area contributed by atoms with Gasteiger partial charge in [-0.3, -0.25) is 0 Å². The third-order valence-electron chi connectivity index (χ3n) is 3.12. The van der Waals surface area contributed by atoms with Crippen LogP contribution in [0.3, 0.4) is 0 Å². The highest BCUT2D eigenvalue weighted by Crippen LogP contribution is 2.23. The molecule has 2 aromatic carbocycles. The van der Waals surface area contributed by atoms with Crippen molar-refractivity contribution < 1.29 is 13.9 Å². The van der Waals surface area contributed by atoms with Crippen LogP contribution in [0.25, 0.3) is 0 Å². The summed E-state index contributed by atoms with van der Waals surface area (Å²) in [4.78, 5) is 0. The number of nitrogens with one attached hydrogen (secondary N) is 1. The molecule has 0 atom stereocenters. The lowest BCUT2D eigenvalue weighted by molar-refractivity contribution is 0.411. The molecule has 0 heterocycles. The van der Waals surface area contributed by atoms with E-state index in [1.165, 1.54) is 6.07 Å². The van der Waals surface area contributed by atoms with E-state index in [1.54, 1.807) is 26.4 Å². The number of benzene rings is 2. The third kappa shape index (κ3) is 3.20. The summed E-state index contributed by atoms with van der Waals surface area (Å²) in [5, 5.41) is 3.07. The van der Waals surface area contributed by atoms with Crippen LogP contribution >= 0.6 is 0 Å². The number of rotatable bonds is 5. The molecule has 0 saturated heterocycles. The highest BCUT2D eigenvalue weighted by Gasteiger charge is 2.05. The molecule has 0 bridgehead atoms. The first-order chi connectivity index (χ1) is 9.63. The topological polar surface area (TPSA) is 30.5 Å². The first-order valence-electron chi connectivity index (χ1n) is 6.35. The number of hydrogen-bond donors (Lipinski definition) is 1. The molecule has 4 heteroatoms. The smallest absolute Gasteiger partial charge is 0.146 e. The predicted octanol–water partition coefficient (Wildman–Crippen LogP) is 3.76. The Kier molecular flexibility index (Phi) is 4.45. The molecular formula is C16H18FNO2. The molecular weight excluding hydrogens is 257 g/mol. The first kappa shape index (κ1) is 14.2. The molecule has 0 aliphatic rings. The minimum atomic E-state index is -0.295. The van der Waals surface area contributed by atoms with Gasteiger partial charge in [0.2, 0.25) is 0 Å². The summed E-state index contributed by atoms with van der Waals surface area (Å²) in [6.45, 7) is 2.52. The Morgan fingerprint density at radius 2 is 1.85 bits per heavy atom. The summed E-state index contributed by atoms with van der Waals surface area (Å²) in [6, 6.07) is 10.5. The molecule has 0 saturated carbocycles. The fraction of sp³-hybridized carbons (Fsp3) is 0.250. The average Bonchev–Trinajstić information content (AvgIpc) is 2.46. The van der Waals surface area contributed by atoms with Crippen LogP contribution in [0.4, 0.5) is 10.1 Å². The maximum Gasteiger partial charge on any atom is 0.146 e. The first-order valence-corrected chi connectivity index (χ1v) is 6.35. The molecule has 0 fully saturated rings. The lowest BCUT2D eigenvalue weighted by atomic mass is 10.1. The molecule has 0 aliphatic carbocycles. The van der Waals surface area contributed by atoms with Gasteiger partial charge in [-0.25, -0.2) is 4.39 Å². The van der Waals surface area contributed by atoms with E-state index in [4.69, 9.17) is 9.47 Å². The molecule has 0 radical (unpaired) electrons. The van der Waals surface area contributed by atoms with E-state index < -0.39 is 0 Å². The van der Waals surface area contributed by atoms with Crippen LogP contribution in [0.15, 0.2) is 36.4 Å². The molecule has 0 aromatic heterocycles. The summed E-state index contributed by atoms with van der Waals surface area (Å²) in [7, 11) is 3.20. The van der Waals surface area contributed by atoms with Gasteiger partial charge in [-0.2, -0.15) is 0 Å². The molecule has 2 rings (SSSR count). The highest BCUT2D eigenvalue weighted by molar-refractivity contribution is 5.50. The van der Waals surface area contributed by atoms with Crippen LogP contribution in [0.5, 0.6) is 11.5 Å². The van der Waals surface area contributed by atoms with E-state index in [-0.39, 0.29) is 5.82 Å². The van der Waals surface area contributed by atoms with Gasteiger partial charge in [0.1, 0.15) is 17.3 Å². The van der Waals surface area contributed by atoms with Crippen molar-refractivity contribution in [2.45, 2.75) is 13.5 Å². The SMILES string of the molecule is COc1ccc(F)c(NCc2ccc(OC)c(C)c2)c1. The van der Waals surface area contributed by atoms with Gasteiger partial charge < -0.3 is 14.8 Å². The molecule has 106 valence electrons. The predicted molar refractivity (Wildman–Crippen MR) is 78.0 cm³/mol. The normalized spacial score (nSPS) is 10.2. The van der Waals surface area contributed by atoms with Crippen molar-refractivity contribution in [3.63, 3.8) is 0 Å². The second-order valence-corrected chi connectivity index (χ2v) is 4.50. The van der Waals surface area contributed by atoms with Crippen molar-refractivity contribution in [3.8, 4) is 11.5 Å². The number of methoxy groups -OCH3 is 2. The standard InChI is InChI=1S/C16H18FNO2/c1-11-8-12(4-7-16(11)20-3)10-18-15-9-13(19-2)5-6-14(15)17/h4-9,18H,10H2,1-3H3. The lowest BCUT2D eigenvalue weighted by Gasteiger charge is -2.11. The Bertz CT molecular complexity index is 599. The number of ether oxygens (including phenoxy) is 2. The zero-order valence-electron chi connectivity index (χ0n) is 11.9. The van der Waals surface area contributed by atoms with Gasteiger partial charge in [-0.05, 0) is 36.2 Å². The summed E-state index contributed by atoms with van der Waals surface area (Å²) in [5.74, 6) is 1.18. The number of anilines is 1. The van der Waals surface area contributed by atoms with Crippen LogP contribution < -0.4 is 14.8 Å². The molecule has 0 aliphatic heterocycles. The minimum Gasteiger partial charge on any atom is -0.497 e. The zero-order valence-corrected chi connectivity index (χ0v) is 11.9. The Hall–Kier alpha value is -2.23. The molecule has 0 amide bonds. The van der Waals surface area contributed by atoms with E-state index in [2.05, 4.69) is 5.32 Å². The second kappa shape index (κ2) is 6.28.